The first-order valence-electron chi connectivity index (χ1n) is 7.90. The molecule has 2 aliphatic rings. The number of allylic oxidation sites excluding steroid dienone is 1. The Kier molecular flexibility index (Phi) is 4.87. The van der Waals surface area contributed by atoms with E-state index in [1.165, 1.54) is 32.1 Å². The maximum Gasteiger partial charge on any atom is 0.223 e. The maximum atomic E-state index is 6.22. The predicted molar refractivity (Wildman–Crippen MR) is 92.7 cm³/mol. The van der Waals surface area contributed by atoms with Crippen LogP contribution in [0.5, 0.6) is 0 Å². The van der Waals surface area contributed by atoms with Gasteiger partial charge in [-0.1, -0.05) is 31.0 Å². The molecule has 1 aliphatic heterocycles. The standard InChI is InChI=1S/C16H23N5S/c1-11-10-22-15(20-11)14(17)13-7-8-18-16(21-13)19-9-12-5-3-2-4-6-12/h7-8,10,12,20H,2-6,9,17H2,1H3,(H,18,19,21)/b15-14+. The highest BCUT2D eigenvalue weighted by molar-refractivity contribution is 8.06. The lowest BCUT2D eigenvalue weighted by Crippen LogP contribution is -2.19. The van der Waals surface area contributed by atoms with Gasteiger partial charge in [0.1, 0.15) is 5.03 Å². The van der Waals surface area contributed by atoms with E-state index in [0.717, 1.165) is 28.9 Å². The van der Waals surface area contributed by atoms with Crippen LogP contribution in [0.25, 0.3) is 5.70 Å². The predicted octanol–water partition coefficient (Wildman–Crippen LogP) is 3.25. The van der Waals surface area contributed by atoms with Gasteiger partial charge in [-0.25, -0.2) is 9.97 Å². The fraction of sp³-hybridized carbons (Fsp3) is 0.500. The van der Waals surface area contributed by atoms with Crippen molar-refractivity contribution < 1.29 is 0 Å². The Labute approximate surface area is 135 Å². The van der Waals surface area contributed by atoms with Crippen LogP contribution in [0.4, 0.5) is 5.95 Å². The lowest BCUT2D eigenvalue weighted by molar-refractivity contribution is 0.373. The van der Waals surface area contributed by atoms with E-state index in [-0.39, 0.29) is 0 Å². The summed E-state index contributed by atoms with van der Waals surface area (Å²) in [6, 6.07) is 1.85. The molecule has 118 valence electrons. The van der Waals surface area contributed by atoms with Gasteiger partial charge in [0, 0.05) is 18.4 Å². The topological polar surface area (TPSA) is 75.9 Å². The summed E-state index contributed by atoms with van der Waals surface area (Å²) in [4.78, 5) is 8.85. The van der Waals surface area contributed by atoms with Crippen molar-refractivity contribution in [3.05, 3.63) is 34.1 Å². The third-order valence-electron chi connectivity index (χ3n) is 4.11. The van der Waals surface area contributed by atoms with E-state index in [2.05, 4.69) is 20.6 Å². The van der Waals surface area contributed by atoms with Crippen LogP contribution in [0.15, 0.2) is 28.4 Å². The van der Waals surface area contributed by atoms with Gasteiger partial charge in [0.25, 0.3) is 0 Å². The average molecular weight is 317 g/mol. The Hall–Kier alpha value is -1.69. The van der Waals surface area contributed by atoms with E-state index in [0.29, 0.717) is 11.6 Å². The van der Waals surface area contributed by atoms with Gasteiger partial charge < -0.3 is 16.4 Å². The molecule has 1 saturated carbocycles. The van der Waals surface area contributed by atoms with Crippen molar-refractivity contribution in [2.24, 2.45) is 11.7 Å². The Bertz CT molecular complexity index is 590. The first-order chi connectivity index (χ1) is 10.7. The number of hydrogen-bond acceptors (Lipinski definition) is 6. The highest BCUT2D eigenvalue weighted by atomic mass is 32.2. The Balaban J connectivity index is 1.65. The minimum atomic E-state index is 0.666. The van der Waals surface area contributed by atoms with Crippen molar-refractivity contribution in [1.82, 2.24) is 15.3 Å². The summed E-state index contributed by atoms with van der Waals surface area (Å²) >= 11 is 1.60. The fourth-order valence-electron chi connectivity index (χ4n) is 2.85. The number of thioether (sulfide) groups is 1. The number of aromatic nitrogens is 2. The molecule has 22 heavy (non-hydrogen) atoms. The number of nitrogens with one attached hydrogen (secondary N) is 2. The molecule has 3 rings (SSSR count). The summed E-state index contributed by atoms with van der Waals surface area (Å²) in [5, 5.41) is 9.61. The van der Waals surface area contributed by atoms with Gasteiger partial charge in [0.2, 0.25) is 5.95 Å². The highest BCUT2D eigenvalue weighted by Gasteiger charge is 2.15. The Morgan fingerprint density at radius 2 is 2.23 bits per heavy atom. The smallest absolute Gasteiger partial charge is 0.223 e. The van der Waals surface area contributed by atoms with Crippen LogP contribution in [-0.4, -0.2) is 16.5 Å². The van der Waals surface area contributed by atoms with Gasteiger partial charge in [-0.05, 0) is 37.2 Å². The van der Waals surface area contributed by atoms with E-state index >= 15 is 0 Å². The summed E-state index contributed by atoms with van der Waals surface area (Å²) < 4.78 is 0. The SMILES string of the molecule is CC1=CS/C(=C(/N)c2ccnc(NCC3CCCCC3)n2)N1. The van der Waals surface area contributed by atoms with E-state index in [1.54, 1.807) is 18.0 Å². The summed E-state index contributed by atoms with van der Waals surface area (Å²) in [7, 11) is 0. The van der Waals surface area contributed by atoms with Crippen molar-refractivity contribution in [2.75, 3.05) is 11.9 Å². The van der Waals surface area contributed by atoms with E-state index in [1.807, 2.05) is 18.4 Å². The summed E-state index contributed by atoms with van der Waals surface area (Å²) in [6.45, 7) is 2.97. The molecule has 0 atom stereocenters. The monoisotopic (exact) mass is 317 g/mol. The Morgan fingerprint density at radius 3 is 2.95 bits per heavy atom. The third-order valence-corrected chi connectivity index (χ3v) is 5.14. The molecular weight excluding hydrogens is 294 g/mol. The lowest BCUT2D eigenvalue weighted by Gasteiger charge is -2.21. The molecule has 0 spiro atoms. The molecule has 4 N–H and O–H groups in total. The van der Waals surface area contributed by atoms with Crippen molar-refractivity contribution in [2.45, 2.75) is 39.0 Å². The lowest BCUT2D eigenvalue weighted by atomic mass is 9.89. The summed E-state index contributed by atoms with van der Waals surface area (Å²) in [5.74, 6) is 1.41. The van der Waals surface area contributed by atoms with Crippen LogP contribution in [0.1, 0.15) is 44.7 Å². The second-order valence-corrected chi connectivity index (χ2v) is 6.82. The zero-order valence-corrected chi connectivity index (χ0v) is 13.7. The van der Waals surface area contributed by atoms with Crippen molar-refractivity contribution in [1.29, 1.82) is 0 Å². The van der Waals surface area contributed by atoms with Crippen LogP contribution in [-0.2, 0) is 0 Å². The summed E-state index contributed by atoms with van der Waals surface area (Å²) in [6.07, 6.45) is 8.46. The molecule has 0 unspecified atom stereocenters. The molecule has 0 amide bonds. The zero-order valence-electron chi connectivity index (χ0n) is 12.9. The molecule has 0 radical (unpaired) electrons. The first kappa shape index (κ1) is 15.2. The van der Waals surface area contributed by atoms with Crippen LogP contribution >= 0.6 is 11.8 Å². The van der Waals surface area contributed by atoms with Crippen LogP contribution in [0.3, 0.4) is 0 Å². The number of nitrogens with two attached hydrogens (primary N) is 1. The fourth-order valence-corrected chi connectivity index (χ4v) is 3.66. The van der Waals surface area contributed by atoms with Gasteiger partial charge >= 0.3 is 0 Å². The molecule has 1 aromatic rings. The minimum Gasteiger partial charge on any atom is -0.395 e. The van der Waals surface area contributed by atoms with Gasteiger partial charge in [-0.2, -0.15) is 0 Å². The summed E-state index contributed by atoms with van der Waals surface area (Å²) in [5.41, 5.74) is 8.75. The molecule has 5 nitrogen and oxygen atoms in total. The molecule has 6 heteroatoms. The van der Waals surface area contributed by atoms with Crippen LogP contribution < -0.4 is 16.4 Å². The zero-order chi connectivity index (χ0) is 15.4. The average Bonchev–Trinajstić information content (AvgIpc) is 3.00. The maximum absolute atomic E-state index is 6.22. The first-order valence-corrected chi connectivity index (χ1v) is 8.78. The van der Waals surface area contributed by atoms with Gasteiger partial charge in [0.15, 0.2) is 0 Å². The number of nitrogens with zero attached hydrogens (tertiary/aromatic N) is 2. The Morgan fingerprint density at radius 1 is 1.41 bits per heavy atom. The molecular formula is C16H23N5S. The van der Waals surface area contributed by atoms with Gasteiger partial charge in [-0.3, -0.25) is 0 Å². The van der Waals surface area contributed by atoms with Crippen molar-refractivity contribution >= 4 is 23.4 Å². The second kappa shape index (κ2) is 7.05. The quantitative estimate of drug-likeness (QED) is 0.791. The minimum absolute atomic E-state index is 0.666. The molecule has 0 saturated heterocycles. The second-order valence-electron chi connectivity index (χ2n) is 5.94. The molecule has 2 heterocycles. The molecule has 0 bridgehead atoms. The molecule has 0 aromatic carbocycles. The van der Waals surface area contributed by atoms with Crippen molar-refractivity contribution in [3.63, 3.8) is 0 Å². The van der Waals surface area contributed by atoms with Crippen molar-refractivity contribution in [3.8, 4) is 0 Å². The number of rotatable bonds is 4. The highest BCUT2D eigenvalue weighted by Crippen LogP contribution is 2.28. The van der Waals surface area contributed by atoms with E-state index < -0.39 is 0 Å². The van der Waals surface area contributed by atoms with E-state index in [4.69, 9.17) is 5.73 Å². The third kappa shape index (κ3) is 3.74. The molecule has 1 fully saturated rings. The van der Waals surface area contributed by atoms with Gasteiger partial charge in [0.05, 0.1) is 11.4 Å². The largest absolute Gasteiger partial charge is 0.395 e. The molecule has 1 aromatic heterocycles. The van der Waals surface area contributed by atoms with Crippen LogP contribution in [0, 0.1) is 5.92 Å². The number of anilines is 1. The van der Waals surface area contributed by atoms with Gasteiger partial charge in [-0.15, -0.1) is 0 Å². The van der Waals surface area contributed by atoms with E-state index in [9.17, 15) is 0 Å². The number of hydrogen-bond donors (Lipinski definition) is 3. The molecule has 1 aliphatic carbocycles. The normalized spacial score (nSPS) is 21.2. The van der Waals surface area contributed by atoms with Crippen LogP contribution in [0.2, 0.25) is 0 Å².